The summed E-state index contributed by atoms with van der Waals surface area (Å²) in [5.41, 5.74) is 2.06. The predicted octanol–water partition coefficient (Wildman–Crippen LogP) is 4.20. The van der Waals surface area contributed by atoms with Crippen molar-refractivity contribution in [2.24, 2.45) is 0 Å². The Kier molecular flexibility index (Phi) is 6.74. The topological polar surface area (TPSA) is 40.9 Å². The van der Waals surface area contributed by atoms with Crippen LogP contribution in [0.15, 0.2) is 59.8 Å². The molecule has 3 heterocycles. The van der Waals surface area contributed by atoms with Gasteiger partial charge in [-0.1, -0.05) is 17.7 Å². The highest BCUT2D eigenvalue weighted by atomic mass is 35.5. The smallest absolute Gasteiger partial charge is 0.222 e. The molecule has 1 fully saturated rings. The van der Waals surface area contributed by atoms with Gasteiger partial charge in [0.15, 0.2) is 0 Å². The minimum Gasteiger partial charge on any atom is -0.340 e. The molecule has 1 aliphatic heterocycles. The number of carbonyl (C=O) groups is 1. The van der Waals surface area contributed by atoms with E-state index in [1.165, 1.54) is 4.90 Å². The van der Waals surface area contributed by atoms with Gasteiger partial charge >= 0.3 is 0 Å². The fourth-order valence-electron chi connectivity index (χ4n) is 3.55. The summed E-state index contributed by atoms with van der Waals surface area (Å²) in [5, 5.41) is 0.754. The van der Waals surface area contributed by atoms with E-state index >= 15 is 0 Å². The number of hydrogen-bond donors (Lipinski definition) is 0. The summed E-state index contributed by atoms with van der Waals surface area (Å²) < 4.78 is 2.05. The molecule has 0 radical (unpaired) electrons. The fraction of sp³-hybridized carbons (Fsp3) is 0.364. The van der Waals surface area contributed by atoms with Gasteiger partial charge in [0.25, 0.3) is 0 Å². The number of piperazine rings is 1. The molecule has 0 atom stereocenters. The Morgan fingerprint density at radius 1 is 1.07 bits per heavy atom. The molecule has 0 bridgehead atoms. The van der Waals surface area contributed by atoms with Crippen LogP contribution in [0, 0.1) is 0 Å². The molecular weight excluding hydrogens is 404 g/mol. The van der Waals surface area contributed by atoms with Crippen molar-refractivity contribution in [3.8, 4) is 0 Å². The van der Waals surface area contributed by atoms with E-state index in [0.717, 1.165) is 61.3 Å². The Morgan fingerprint density at radius 3 is 2.62 bits per heavy atom. The lowest BCUT2D eigenvalue weighted by molar-refractivity contribution is -0.133. The highest BCUT2D eigenvalue weighted by Crippen LogP contribution is 2.21. The molecule has 1 aliphatic rings. The van der Waals surface area contributed by atoms with Gasteiger partial charge in [-0.3, -0.25) is 9.69 Å². The van der Waals surface area contributed by atoms with Crippen LogP contribution in [-0.4, -0.2) is 57.0 Å². The Bertz CT molecular complexity index is 918. The maximum Gasteiger partial charge on any atom is 0.222 e. The van der Waals surface area contributed by atoms with Crippen molar-refractivity contribution in [3.05, 3.63) is 65.6 Å². The fourth-order valence-corrected chi connectivity index (χ4v) is 4.53. The van der Waals surface area contributed by atoms with Crippen LogP contribution in [0.5, 0.6) is 0 Å². The van der Waals surface area contributed by atoms with Gasteiger partial charge in [0.2, 0.25) is 5.91 Å². The first-order valence-electron chi connectivity index (χ1n) is 9.98. The van der Waals surface area contributed by atoms with Crippen molar-refractivity contribution in [2.45, 2.75) is 24.3 Å². The zero-order valence-electron chi connectivity index (χ0n) is 16.3. The third-order valence-electron chi connectivity index (χ3n) is 5.14. The van der Waals surface area contributed by atoms with Crippen LogP contribution in [-0.2, 0) is 11.3 Å². The normalized spacial score (nSPS) is 15.1. The lowest BCUT2D eigenvalue weighted by Crippen LogP contribution is -2.48. The maximum absolute atomic E-state index is 12.5. The lowest BCUT2D eigenvalue weighted by atomic mass is 10.2. The number of carbonyl (C=O) groups excluding carboxylic acids is 1. The summed E-state index contributed by atoms with van der Waals surface area (Å²) in [6.07, 6.45) is 5.62. The van der Waals surface area contributed by atoms with Gasteiger partial charge in [-0.2, -0.15) is 0 Å². The third kappa shape index (κ3) is 5.53. The minimum absolute atomic E-state index is 0.272. The second-order valence-corrected chi connectivity index (χ2v) is 8.87. The van der Waals surface area contributed by atoms with E-state index in [2.05, 4.69) is 20.5 Å². The number of imidazole rings is 1. The SMILES string of the molecule is O=C(CCCSc1ccc(Cl)cc1)N1CCN(Cc2cn3ccccc3n2)CC1. The van der Waals surface area contributed by atoms with Crippen molar-refractivity contribution in [2.75, 3.05) is 31.9 Å². The van der Waals surface area contributed by atoms with Gasteiger partial charge < -0.3 is 9.30 Å². The molecule has 0 unspecified atom stereocenters. The molecule has 0 saturated carbocycles. The molecular formula is C22H25ClN4OS. The largest absolute Gasteiger partial charge is 0.340 e. The molecule has 0 spiro atoms. The van der Waals surface area contributed by atoms with Crippen LogP contribution in [0.3, 0.4) is 0 Å². The summed E-state index contributed by atoms with van der Waals surface area (Å²) in [7, 11) is 0. The van der Waals surface area contributed by atoms with Crippen molar-refractivity contribution >= 4 is 34.9 Å². The summed E-state index contributed by atoms with van der Waals surface area (Å²) in [4.78, 5) is 22.8. The zero-order chi connectivity index (χ0) is 20.1. The summed E-state index contributed by atoms with van der Waals surface area (Å²) in [6.45, 7) is 4.24. The molecule has 7 heteroatoms. The summed E-state index contributed by atoms with van der Waals surface area (Å²) in [5.74, 6) is 1.22. The van der Waals surface area contributed by atoms with E-state index in [4.69, 9.17) is 11.6 Å². The molecule has 1 amide bonds. The predicted molar refractivity (Wildman–Crippen MR) is 118 cm³/mol. The summed E-state index contributed by atoms with van der Waals surface area (Å²) in [6, 6.07) is 13.9. The molecule has 0 aliphatic carbocycles. The number of pyridine rings is 1. The molecule has 29 heavy (non-hydrogen) atoms. The second-order valence-electron chi connectivity index (χ2n) is 7.26. The molecule has 1 aromatic carbocycles. The number of benzene rings is 1. The van der Waals surface area contributed by atoms with Crippen LogP contribution in [0.1, 0.15) is 18.5 Å². The number of hydrogen-bond acceptors (Lipinski definition) is 4. The van der Waals surface area contributed by atoms with Crippen LogP contribution in [0.4, 0.5) is 0 Å². The van der Waals surface area contributed by atoms with Gasteiger partial charge in [-0.15, -0.1) is 11.8 Å². The Morgan fingerprint density at radius 2 is 1.86 bits per heavy atom. The van der Waals surface area contributed by atoms with Gasteiger partial charge in [-0.25, -0.2) is 4.98 Å². The van der Waals surface area contributed by atoms with Gasteiger partial charge in [-0.05, 0) is 48.6 Å². The average molecular weight is 429 g/mol. The maximum atomic E-state index is 12.5. The molecule has 5 nitrogen and oxygen atoms in total. The van der Waals surface area contributed by atoms with Crippen molar-refractivity contribution < 1.29 is 4.79 Å². The van der Waals surface area contributed by atoms with Crippen molar-refractivity contribution in [3.63, 3.8) is 0 Å². The summed E-state index contributed by atoms with van der Waals surface area (Å²) >= 11 is 7.68. The lowest BCUT2D eigenvalue weighted by Gasteiger charge is -2.34. The molecule has 2 aromatic heterocycles. The quantitative estimate of drug-likeness (QED) is 0.417. The van der Waals surface area contributed by atoms with Crippen molar-refractivity contribution in [1.29, 1.82) is 0 Å². The number of rotatable bonds is 7. The van der Waals surface area contributed by atoms with E-state index in [-0.39, 0.29) is 5.91 Å². The van der Waals surface area contributed by atoms with Crippen LogP contribution < -0.4 is 0 Å². The van der Waals surface area contributed by atoms with Crippen LogP contribution >= 0.6 is 23.4 Å². The number of aromatic nitrogens is 2. The van der Waals surface area contributed by atoms with E-state index in [9.17, 15) is 4.79 Å². The molecule has 3 aromatic rings. The first-order valence-corrected chi connectivity index (χ1v) is 11.3. The van der Waals surface area contributed by atoms with Gasteiger partial charge in [0.1, 0.15) is 5.65 Å². The van der Waals surface area contributed by atoms with E-state index < -0.39 is 0 Å². The van der Waals surface area contributed by atoms with Crippen LogP contribution in [0.25, 0.3) is 5.65 Å². The molecule has 1 saturated heterocycles. The number of thioether (sulfide) groups is 1. The average Bonchev–Trinajstić information content (AvgIpc) is 3.15. The second kappa shape index (κ2) is 9.65. The zero-order valence-corrected chi connectivity index (χ0v) is 17.9. The molecule has 152 valence electrons. The molecule has 4 rings (SSSR count). The van der Waals surface area contributed by atoms with Crippen molar-refractivity contribution in [1.82, 2.24) is 19.2 Å². The van der Waals surface area contributed by atoms with Crippen LogP contribution in [0.2, 0.25) is 5.02 Å². The standard InChI is InChI=1S/C22H25ClN4OS/c23-18-6-8-20(9-7-18)29-15-3-5-22(28)26-13-11-25(12-14-26)16-19-17-27-10-2-1-4-21(27)24-19/h1-2,4,6-10,17H,3,5,11-16H2. The van der Waals surface area contributed by atoms with Gasteiger partial charge in [0.05, 0.1) is 5.69 Å². The first kappa shape index (κ1) is 20.3. The first-order chi connectivity index (χ1) is 14.2. The van der Waals surface area contributed by atoms with E-state index in [1.807, 2.05) is 53.6 Å². The highest BCUT2D eigenvalue weighted by Gasteiger charge is 2.21. The number of nitrogens with zero attached hydrogens (tertiary/aromatic N) is 4. The van der Waals surface area contributed by atoms with E-state index in [0.29, 0.717) is 6.42 Å². The molecule has 0 N–H and O–H groups in total. The number of halogens is 1. The number of amides is 1. The monoisotopic (exact) mass is 428 g/mol. The number of fused-ring (bicyclic) bond motifs is 1. The minimum atomic E-state index is 0.272. The Hall–Kier alpha value is -2.02. The van der Waals surface area contributed by atoms with E-state index in [1.54, 1.807) is 11.8 Å². The Labute approximate surface area is 180 Å². The highest BCUT2D eigenvalue weighted by molar-refractivity contribution is 7.99. The van der Waals surface area contributed by atoms with Gasteiger partial charge in [0, 0.05) is 61.5 Å². The third-order valence-corrected chi connectivity index (χ3v) is 6.49. The Balaban J connectivity index is 1.17.